The highest BCUT2D eigenvalue weighted by Gasteiger charge is 2.30. The van der Waals surface area contributed by atoms with Crippen LogP contribution in [0.2, 0.25) is 0 Å². The van der Waals surface area contributed by atoms with Crippen molar-refractivity contribution >= 4 is 33.5 Å². The van der Waals surface area contributed by atoms with Crippen LogP contribution in [0, 0.1) is 0 Å². The minimum absolute atomic E-state index is 0.0163. The Labute approximate surface area is 97.2 Å². The van der Waals surface area contributed by atoms with E-state index in [9.17, 15) is 18.0 Å². The zero-order valence-electron chi connectivity index (χ0n) is 7.34. The van der Waals surface area contributed by atoms with Crippen molar-refractivity contribution in [2.75, 3.05) is 5.33 Å². The summed E-state index contributed by atoms with van der Waals surface area (Å²) in [7, 11) is 0. The molecule has 0 heterocycles. The number of benzene rings is 1. The molecule has 1 rings (SSSR count). The van der Waals surface area contributed by atoms with Gasteiger partial charge in [0.15, 0.2) is 5.78 Å². The Balaban J connectivity index is 3.02. The number of halogens is 4. The number of Topliss-reactive ketones (excluding diaryl/α,β-unsaturated/α-hetero) is 1. The van der Waals surface area contributed by atoms with E-state index < -0.39 is 5.51 Å². The molecule has 1 aromatic carbocycles. The van der Waals surface area contributed by atoms with E-state index in [-0.39, 0.29) is 33.3 Å². The Bertz CT molecular complexity index is 365. The van der Waals surface area contributed by atoms with Gasteiger partial charge in [-0.3, -0.25) is 4.79 Å². The van der Waals surface area contributed by atoms with Crippen LogP contribution in [0.15, 0.2) is 29.2 Å². The summed E-state index contributed by atoms with van der Waals surface area (Å²) in [5, 5.41) is 0.0163. The lowest BCUT2D eigenvalue weighted by Gasteiger charge is -2.08. The van der Waals surface area contributed by atoms with Crippen molar-refractivity contribution in [3.8, 4) is 0 Å². The van der Waals surface area contributed by atoms with Crippen molar-refractivity contribution in [3.63, 3.8) is 0 Å². The largest absolute Gasteiger partial charge is 0.446 e. The maximum Gasteiger partial charge on any atom is 0.446 e. The molecule has 0 aliphatic carbocycles. The smallest absolute Gasteiger partial charge is 0.293 e. The summed E-state index contributed by atoms with van der Waals surface area (Å²) in [6.45, 7) is 0. The van der Waals surface area contributed by atoms with Crippen LogP contribution in [0.3, 0.4) is 0 Å². The van der Waals surface area contributed by atoms with Crippen molar-refractivity contribution in [2.45, 2.75) is 10.4 Å². The lowest BCUT2D eigenvalue weighted by Crippen LogP contribution is -2.05. The van der Waals surface area contributed by atoms with Crippen LogP contribution in [-0.4, -0.2) is 16.6 Å². The average Bonchev–Trinajstić information content (AvgIpc) is 2.15. The highest BCUT2D eigenvalue weighted by molar-refractivity contribution is 9.09. The van der Waals surface area contributed by atoms with Gasteiger partial charge < -0.3 is 0 Å². The quantitative estimate of drug-likeness (QED) is 0.479. The fourth-order valence-corrected chi connectivity index (χ4v) is 1.97. The topological polar surface area (TPSA) is 17.1 Å². The molecule has 0 fully saturated rings. The molecule has 0 amide bonds. The summed E-state index contributed by atoms with van der Waals surface area (Å²) in [5.41, 5.74) is -4.28. The molecule has 15 heavy (non-hydrogen) atoms. The second kappa shape index (κ2) is 5.03. The highest BCUT2D eigenvalue weighted by atomic mass is 79.9. The first-order chi connectivity index (χ1) is 6.94. The summed E-state index contributed by atoms with van der Waals surface area (Å²) >= 11 is 2.65. The number of rotatable bonds is 3. The van der Waals surface area contributed by atoms with E-state index in [0.29, 0.717) is 0 Å². The van der Waals surface area contributed by atoms with Gasteiger partial charge in [0, 0.05) is 10.5 Å². The Kier molecular flexibility index (Phi) is 4.21. The van der Waals surface area contributed by atoms with Gasteiger partial charge in [0.1, 0.15) is 0 Å². The summed E-state index contributed by atoms with van der Waals surface area (Å²) in [4.78, 5) is 11.2. The third kappa shape index (κ3) is 3.87. The number of hydrogen-bond donors (Lipinski definition) is 0. The summed E-state index contributed by atoms with van der Waals surface area (Å²) < 4.78 is 36.4. The molecule has 0 aromatic heterocycles. The predicted octanol–water partition coefficient (Wildman–Crippen LogP) is 3.88. The van der Waals surface area contributed by atoms with Crippen molar-refractivity contribution in [1.82, 2.24) is 0 Å². The molecule has 0 radical (unpaired) electrons. The second-order valence-electron chi connectivity index (χ2n) is 2.60. The first kappa shape index (κ1) is 12.6. The first-order valence-electron chi connectivity index (χ1n) is 3.88. The Morgan fingerprint density at radius 1 is 1.33 bits per heavy atom. The van der Waals surface area contributed by atoms with E-state index in [1.165, 1.54) is 24.3 Å². The van der Waals surface area contributed by atoms with Crippen LogP contribution < -0.4 is 0 Å². The molecule has 1 nitrogen and oxygen atoms in total. The Morgan fingerprint density at radius 3 is 2.47 bits per heavy atom. The maximum absolute atomic E-state index is 12.1. The van der Waals surface area contributed by atoms with Crippen LogP contribution in [0.5, 0.6) is 0 Å². The molecular weight excluding hydrogens is 293 g/mol. The first-order valence-corrected chi connectivity index (χ1v) is 5.82. The number of thioether (sulfide) groups is 1. The van der Waals surface area contributed by atoms with Gasteiger partial charge in [0.2, 0.25) is 0 Å². The molecule has 6 heteroatoms. The van der Waals surface area contributed by atoms with Crippen LogP contribution in [0.25, 0.3) is 0 Å². The van der Waals surface area contributed by atoms with E-state index in [4.69, 9.17) is 0 Å². The second-order valence-corrected chi connectivity index (χ2v) is 4.27. The van der Waals surface area contributed by atoms with Crippen LogP contribution >= 0.6 is 27.7 Å². The number of carbonyl (C=O) groups is 1. The monoisotopic (exact) mass is 298 g/mol. The zero-order valence-corrected chi connectivity index (χ0v) is 9.75. The number of carbonyl (C=O) groups excluding carboxylic acids is 1. The Hall–Kier alpha value is -0.490. The van der Waals surface area contributed by atoms with E-state index in [2.05, 4.69) is 15.9 Å². The third-order valence-electron chi connectivity index (χ3n) is 1.53. The van der Waals surface area contributed by atoms with Gasteiger partial charge in [0.05, 0.1) is 5.33 Å². The number of ketones is 1. The Morgan fingerprint density at radius 2 is 1.93 bits per heavy atom. The minimum atomic E-state index is -4.37. The molecule has 0 saturated carbocycles. The van der Waals surface area contributed by atoms with Crippen LogP contribution in [0.4, 0.5) is 13.2 Å². The van der Waals surface area contributed by atoms with E-state index >= 15 is 0 Å². The number of alkyl halides is 4. The highest BCUT2D eigenvalue weighted by Crippen LogP contribution is 2.38. The molecule has 0 unspecified atom stereocenters. The predicted molar refractivity (Wildman–Crippen MR) is 56.5 cm³/mol. The minimum Gasteiger partial charge on any atom is -0.293 e. The van der Waals surface area contributed by atoms with Gasteiger partial charge in [-0.15, -0.1) is 0 Å². The van der Waals surface area contributed by atoms with E-state index in [1.54, 1.807) is 0 Å². The average molecular weight is 299 g/mol. The van der Waals surface area contributed by atoms with Gasteiger partial charge in [0.25, 0.3) is 0 Å². The van der Waals surface area contributed by atoms with Crippen LogP contribution in [-0.2, 0) is 0 Å². The summed E-state index contributed by atoms with van der Waals surface area (Å²) in [6, 6.07) is 5.68. The molecule has 0 spiro atoms. The number of hydrogen-bond acceptors (Lipinski definition) is 2. The molecular formula is C9H6BrF3OS. The molecule has 1 aromatic rings. The molecule has 0 N–H and O–H groups in total. The molecule has 0 atom stereocenters. The van der Waals surface area contributed by atoms with Gasteiger partial charge in [-0.1, -0.05) is 34.1 Å². The fourth-order valence-electron chi connectivity index (χ4n) is 0.983. The lowest BCUT2D eigenvalue weighted by atomic mass is 10.1. The third-order valence-corrected chi connectivity index (χ3v) is 2.85. The van der Waals surface area contributed by atoms with Crippen molar-refractivity contribution in [1.29, 1.82) is 0 Å². The molecule has 0 saturated heterocycles. The SMILES string of the molecule is O=C(CBr)c1ccccc1SC(F)(F)F. The lowest BCUT2D eigenvalue weighted by molar-refractivity contribution is -0.0328. The molecule has 0 aliphatic rings. The van der Waals surface area contributed by atoms with Gasteiger partial charge >= 0.3 is 5.51 Å². The van der Waals surface area contributed by atoms with E-state index in [1.807, 2.05) is 0 Å². The normalized spacial score (nSPS) is 11.5. The molecule has 0 bridgehead atoms. The van der Waals surface area contributed by atoms with E-state index in [0.717, 1.165) is 0 Å². The van der Waals surface area contributed by atoms with Gasteiger partial charge in [-0.25, -0.2) is 0 Å². The zero-order chi connectivity index (χ0) is 11.5. The molecule has 82 valence electrons. The van der Waals surface area contributed by atoms with Crippen LogP contribution in [0.1, 0.15) is 10.4 Å². The van der Waals surface area contributed by atoms with Gasteiger partial charge in [-0.05, 0) is 17.8 Å². The maximum atomic E-state index is 12.1. The standard InChI is InChI=1S/C9H6BrF3OS/c10-5-7(14)6-3-1-2-4-8(6)15-9(11,12)13/h1-4H,5H2. The summed E-state index contributed by atoms with van der Waals surface area (Å²) in [6.07, 6.45) is 0. The fraction of sp³-hybridized carbons (Fsp3) is 0.222. The summed E-state index contributed by atoms with van der Waals surface area (Å²) in [5.74, 6) is -0.359. The van der Waals surface area contributed by atoms with Crippen molar-refractivity contribution in [2.24, 2.45) is 0 Å². The van der Waals surface area contributed by atoms with Gasteiger partial charge in [-0.2, -0.15) is 13.2 Å². The molecule has 0 aliphatic heterocycles. The van der Waals surface area contributed by atoms with Crippen molar-refractivity contribution < 1.29 is 18.0 Å². The van der Waals surface area contributed by atoms with Crippen molar-refractivity contribution in [3.05, 3.63) is 29.8 Å².